The molecule has 0 aromatic rings. The summed E-state index contributed by atoms with van der Waals surface area (Å²) in [5.41, 5.74) is 0. The first kappa shape index (κ1) is 9.44. The summed E-state index contributed by atoms with van der Waals surface area (Å²) in [6, 6.07) is 0. The summed E-state index contributed by atoms with van der Waals surface area (Å²) in [5, 5.41) is 3.27. The molecular weight excluding hydrogens is 122 g/mol. The van der Waals surface area contributed by atoms with Crippen molar-refractivity contribution < 1.29 is 0 Å². The molecular formula is C9H17N. The third kappa shape index (κ3) is 7.44. The summed E-state index contributed by atoms with van der Waals surface area (Å²) < 4.78 is 0. The molecule has 0 fully saturated rings. The van der Waals surface area contributed by atoms with Crippen LogP contribution < -0.4 is 5.32 Å². The monoisotopic (exact) mass is 139 g/mol. The molecule has 0 bridgehead atoms. The van der Waals surface area contributed by atoms with Gasteiger partial charge in [-0.15, -0.1) is 0 Å². The lowest BCUT2D eigenvalue weighted by molar-refractivity contribution is 0.679. The van der Waals surface area contributed by atoms with Gasteiger partial charge in [-0.3, -0.25) is 0 Å². The highest BCUT2D eigenvalue weighted by Crippen LogP contribution is 1.88. The topological polar surface area (TPSA) is 12.0 Å². The van der Waals surface area contributed by atoms with E-state index in [0.29, 0.717) is 0 Å². The summed E-state index contributed by atoms with van der Waals surface area (Å²) in [6.45, 7) is 7.91. The molecule has 0 aromatic carbocycles. The van der Waals surface area contributed by atoms with E-state index in [1.165, 1.54) is 6.42 Å². The summed E-state index contributed by atoms with van der Waals surface area (Å²) in [6.07, 6.45) is 8.32. The van der Waals surface area contributed by atoms with Crippen LogP contribution in [0.25, 0.3) is 0 Å². The van der Waals surface area contributed by atoms with Crippen LogP contribution in [0.5, 0.6) is 0 Å². The van der Waals surface area contributed by atoms with Crippen molar-refractivity contribution in [1.82, 2.24) is 5.32 Å². The van der Waals surface area contributed by atoms with E-state index in [4.69, 9.17) is 0 Å². The Morgan fingerprint density at radius 2 is 2.30 bits per heavy atom. The lowest BCUT2D eigenvalue weighted by Crippen LogP contribution is -2.13. The van der Waals surface area contributed by atoms with E-state index < -0.39 is 0 Å². The smallest absolute Gasteiger partial charge is 0.00461 e. The predicted molar refractivity (Wildman–Crippen MR) is 47.1 cm³/mol. The number of allylic oxidation sites excluding steroid dienone is 3. The van der Waals surface area contributed by atoms with Crippen LogP contribution in [0.4, 0.5) is 0 Å². The Morgan fingerprint density at radius 3 is 2.90 bits per heavy atom. The second-order valence-electron chi connectivity index (χ2n) is 2.16. The van der Waals surface area contributed by atoms with Crippen LogP contribution >= 0.6 is 0 Å². The highest BCUT2D eigenvalue weighted by Gasteiger charge is 1.80. The van der Waals surface area contributed by atoms with E-state index in [1.807, 2.05) is 12.2 Å². The normalized spacial score (nSPS) is 10.5. The standard InChI is InChI=1S/C9H17N/c1-3-5-6-7-8-9-10-4-2/h3,5-6,10H,1,4,7-9H2,2H3. The van der Waals surface area contributed by atoms with Crippen LogP contribution in [0.2, 0.25) is 0 Å². The van der Waals surface area contributed by atoms with Crippen molar-refractivity contribution in [3.8, 4) is 0 Å². The lowest BCUT2D eigenvalue weighted by Gasteiger charge is -1.96. The van der Waals surface area contributed by atoms with Gasteiger partial charge in [-0.25, -0.2) is 0 Å². The Balaban J connectivity index is 2.90. The number of hydrogen-bond donors (Lipinski definition) is 1. The highest BCUT2D eigenvalue weighted by atomic mass is 14.8. The Kier molecular flexibility index (Phi) is 7.97. The van der Waals surface area contributed by atoms with Crippen LogP contribution in [0.1, 0.15) is 19.8 Å². The van der Waals surface area contributed by atoms with Gasteiger partial charge in [0, 0.05) is 0 Å². The Hall–Kier alpha value is -0.560. The van der Waals surface area contributed by atoms with E-state index in [2.05, 4.69) is 24.9 Å². The first-order valence-electron chi connectivity index (χ1n) is 3.90. The van der Waals surface area contributed by atoms with Gasteiger partial charge in [0.05, 0.1) is 0 Å². The van der Waals surface area contributed by atoms with Gasteiger partial charge in [0.25, 0.3) is 0 Å². The fourth-order valence-electron chi connectivity index (χ4n) is 0.714. The maximum absolute atomic E-state index is 3.59. The molecule has 0 unspecified atom stereocenters. The molecule has 0 aliphatic carbocycles. The second kappa shape index (κ2) is 8.44. The van der Waals surface area contributed by atoms with Crippen molar-refractivity contribution in [1.29, 1.82) is 0 Å². The van der Waals surface area contributed by atoms with E-state index in [0.717, 1.165) is 19.5 Å². The molecule has 10 heavy (non-hydrogen) atoms. The number of rotatable bonds is 6. The molecule has 0 amide bonds. The third-order valence-corrected chi connectivity index (χ3v) is 1.25. The summed E-state index contributed by atoms with van der Waals surface area (Å²) >= 11 is 0. The van der Waals surface area contributed by atoms with Gasteiger partial charge in [-0.2, -0.15) is 0 Å². The number of unbranched alkanes of at least 4 members (excludes halogenated alkanes) is 1. The predicted octanol–water partition coefficient (Wildman–Crippen LogP) is 2.12. The Labute approximate surface area is 63.8 Å². The van der Waals surface area contributed by atoms with Crippen molar-refractivity contribution >= 4 is 0 Å². The van der Waals surface area contributed by atoms with Gasteiger partial charge in [0.1, 0.15) is 0 Å². The molecule has 0 heterocycles. The van der Waals surface area contributed by atoms with Crippen LogP contribution in [-0.2, 0) is 0 Å². The average Bonchev–Trinajstić information content (AvgIpc) is 1.97. The van der Waals surface area contributed by atoms with E-state index >= 15 is 0 Å². The van der Waals surface area contributed by atoms with Gasteiger partial charge < -0.3 is 5.32 Å². The quantitative estimate of drug-likeness (QED) is 0.439. The first-order chi connectivity index (χ1) is 4.91. The zero-order valence-corrected chi connectivity index (χ0v) is 6.77. The van der Waals surface area contributed by atoms with Crippen LogP contribution in [-0.4, -0.2) is 13.1 Å². The fraction of sp³-hybridized carbons (Fsp3) is 0.556. The van der Waals surface area contributed by atoms with Crippen molar-refractivity contribution in [3.05, 3.63) is 24.8 Å². The summed E-state index contributed by atoms with van der Waals surface area (Å²) in [5.74, 6) is 0. The fourth-order valence-corrected chi connectivity index (χ4v) is 0.714. The number of nitrogens with one attached hydrogen (secondary N) is 1. The average molecular weight is 139 g/mol. The van der Waals surface area contributed by atoms with Crippen LogP contribution in [0.15, 0.2) is 24.8 Å². The maximum Gasteiger partial charge on any atom is -0.00461 e. The number of hydrogen-bond acceptors (Lipinski definition) is 1. The van der Waals surface area contributed by atoms with Crippen LogP contribution in [0.3, 0.4) is 0 Å². The molecule has 0 saturated carbocycles. The third-order valence-electron chi connectivity index (χ3n) is 1.25. The second-order valence-corrected chi connectivity index (χ2v) is 2.16. The van der Waals surface area contributed by atoms with Crippen molar-refractivity contribution in [2.75, 3.05) is 13.1 Å². The van der Waals surface area contributed by atoms with Crippen molar-refractivity contribution in [2.45, 2.75) is 19.8 Å². The zero-order chi connectivity index (χ0) is 7.66. The zero-order valence-electron chi connectivity index (χ0n) is 6.77. The minimum atomic E-state index is 1.07. The van der Waals surface area contributed by atoms with E-state index in [-0.39, 0.29) is 0 Å². The van der Waals surface area contributed by atoms with Crippen molar-refractivity contribution in [2.24, 2.45) is 0 Å². The molecule has 1 heteroatoms. The Bertz CT molecular complexity index is 94.9. The van der Waals surface area contributed by atoms with E-state index in [9.17, 15) is 0 Å². The molecule has 0 saturated heterocycles. The summed E-state index contributed by atoms with van der Waals surface area (Å²) in [4.78, 5) is 0. The van der Waals surface area contributed by atoms with E-state index in [1.54, 1.807) is 0 Å². The Morgan fingerprint density at radius 1 is 1.50 bits per heavy atom. The largest absolute Gasteiger partial charge is 0.317 e. The van der Waals surface area contributed by atoms with Gasteiger partial charge >= 0.3 is 0 Å². The first-order valence-corrected chi connectivity index (χ1v) is 3.90. The molecule has 0 atom stereocenters. The van der Waals surface area contributed by atoms with Gasteiger partial charge in [-0.1, -0.05) is 31.7 Å². The van der Waals surface area contributed by atoms with Gasteiger partial charge in [0.2, 0.25) is 0 Å². The molecule has 0 aliphatic heterocycles. The minimum Gasteiger partial charge on any atom is -0.317 e. The molecule has 0 spiro atoms. The van der Waals surface area contributed by atoms with Gasteiger partial charge in [0.15, 0.2) is 0 Å². The van der Waals surface area contributed by atoms with Crippen LogP contribution in [0, 0.1) is 0 Å². The molecule has 58 valence electrons. The minimum absolute atomic E-state index is 1.07. The lowest BCUT2D eigenvalue weighted by atomic mass is 10.3. The molecule has 0 aromatic heterocycles. The van der Waals surface area contributed by atoms with Crippen molar-refractivity contribution in [3.63, 3.8) is 0 Å². The summed E-state index contributed by atoms with van der Waals surface area (Å²) in [7, 11) is 0. The maximum atomic E-state index is 3.59. The van der Waals surface area contributed by atoms with Gasteiger partial charge in [-0.05, 0) is 25.9 Å². The molecule has 0 rings (SSSR count). The molecule has 1 nitrogen and oxygen atoms in total. The molecule has 0 aliphatic rings. The SMILES string of the molecule is C=CC=CCCCNCC. The molecule has 0 radical (unpaired) electrons. The highest BCUT2D eigenvalue weighted by molar-refractivity contribution is 4.96. The molecule has 1 N–H and O–H groups in total.